The number of carbonyl (C=O) groups is 1. The summed E-state index contributed by atoms with van der Waals surface area (Å²) in [6.07, 6.45) is 4.12. The van der Waals surface area contributed by atoms with Crippen molar-refractivity contribution in [3.63, 3.8) is 0 Å². The molecular formula is C18H16ClN3O5. The molecular weight excluding hydrogens is 374 g/mol. The molecule has 0 aliphatic carbocycles. The molecule has 1 aromatic carbocycles. The molecule has 3 aromatic rings. The number of fused-ring (bicyclic) bond motifs is 1. The molecule has 27 heavy (non-hydrogen) atoms. The molecule has 0 saturated carbocycles. The number of amides is 1. The van der Waals surface area contributed by atoms with Crippen molar-refractivity contribution in [3.8, 4) is 5.75 Å². The lowest BCUT2D eigenvalue weighted by molar-refractivity contribution is 0.0942. The number of pyridine rings is 1. The van der Waals surface area contributed by atoms with Gasteiger partial charge in [-0.2, -0.15) is 0 Å². The summed E-state index contributed by atoms with van der Waals surface area (Å²) in [4.78, 5) is 37.0. The summed E-state index contributed by atoms with van der Waals surface area (Å²) in [5.74, 6) is -1.56. The zero-order valence-electron chi connectivity index (χ0n) is 14.1. The zero-order chi connectivity index (χ0) is 19.6. The first-order chi connectivity index (χ1) is 12.9. The quantitative estimate of drug-likeness (QED) is 0.591. The lowest BCUT2D eigenvalue weighted by Crippen LogP contribution is -2.32. The van der Waals surface area contributed by atoms with Crippen molar-refractivity contribution in [2.45, 2.75) is 6.54 Å². The Morgan fingerprint density at radius 1 is 1.22 bits per heavy atom. The van der Waals surface area contributed by atoms with Crippen molar-refractivity contribution in [2.24, 2.45) is 0 Å². The van der Waals surface area contributed by atoms with E-state index in [0.717, 1.165) is 5.56 Å². The fourth-order valence-corrected chi connectivity index (χ4v) is 2.90. The Labute approximate surface area is 157 Å². The van der Waals surface area contributed by atoms with Crippen molar-refractivity contribution >= 4 is 23.0 Å². The van der Waals surface area contributed by atoms with Crippen molar-refractivity contribution < 1.29 is 15.0 Å². The van der Waals surface area contributed by atoms with Crippen LogP contribution in [-0.2, 0) is 6.54 Å². The first kappa shape index (κ1) is 18.7. The molecule has 0 unspecified atom stereocenters. The summed E-state index contributed by atoms with van der Waals surface area (Å²) in [6, 6.07) is 6.97. The normalized spacial score (nSPS) is 10.9. The molecule has 0 saturated heterocycles. The van der Waals surface area contributed by atoms with E-state index in [0.29, 0.717) is 5.02 Å². The van der Waals surface area contributed by atoms with E-state index < -0.39 is 22.6 Å². The number of benzene rings is 1. The van der Waals surface area contributed by atoms with Gasteiger partial charge in [0, 0.05) is 30.2 Å². The summed E-state index contributed by atoms with van der Waals surface area (Å²) in [5, 5.41) is 21.9. The molecule has 0 atom stereocenters. The number of aliphatic hydroxyl groups is 1. The molecule has 1 amide bonds. The maximum Gasteiger partial charge on any atom is 0.279 e. The van der Waals surface area contributed by atoms with E-state index in [1.165, 1.54) is 27.6 Å². The molecule has 0 radical (unpaired) electrons. The Hall–Kier alpha value is -3.10. The summed E-state index contributed by atoms with van der Waals surface area (Å²) < 4.78 is 2.55. The van der Waals surface area contributed by atoms with Gasteiger partial charge in [-0.05, 0) is 17.7 Å². The van der Waals surface area contributed by atoms with E-state index in [9.17, 15) is 19.5 Å². The van der Waals surface area contributed by atoms with Gasteiger partial charge in [-0.25, -0.2) is 0 Å². The van der Waals surface area contributed by atoms with Crippen LogP contribution in [0.3, 0.4) is 0 Å². The molecule has 2 aromatic heterocycles. The number of carbonyl (C=O) groups excluding carboxylic acids is 1. The highest BCUT2D eigenvalue weighted by Crippen LogP contribution is 2.13. The molecule has 9 heteroatoms. The molecule has 3 N–H and O–H groups in total. The van der Waals surface area contributed by atoms with Gasteiger partial charge in [0.15, 0.2) is 11.3 Å². The second-order valence-corrected chi connectivity index (χ2v) is 6.25. The van der Waals surface area contributed by atoms with Gasteiger partial charge >= 0.3 is 0 Å². The summed E-state index contributed by atoms with van der Waals surface area (Å²) >= 11 is 5.95. The van der Waals surface area contributed by atoms with Crippen LogP contribution in [0.4, 0.5) is 0 Å². The number of nitrogens with zero attached hydrogens (tertiary/aromatic N) is 2. The maximum atomic E-state index is 12.7. The number of hydrogen-bond acceptors (Lipinski definition) is 5. The number of hydrogen-bond donors (Lipinski definition) is 3. The first-order valence-electron chi connectivity index (χ1n) is 8.03. The van der Waals surface area contributed by atoms with Crippen LogP contribution in [0, 0.1) is 0 Å². The Morgan fingerprint density at radius 3 is 2.70 bits per heavy atom. The van der Waals surface area contributed by atoms with Gasteiger partial charge < -0.3 is 24.5 Å². The van der Waals surface area contributed by atoms with Gasteiger partial charge in [-0.1, -0.05) is 23.7 Å². The second-order valence-electron chi connectivity index (χ2n) is 5.82. The third kappa shape index (κ3) is 3.71. The van der Waals surface area contributed by atoms with Gasteiger partial charge in [0.2, 0.25) is 5.43 Å². The number of aromatic nitrogens is 2. The van der Waals surface area contributed by atoms with E-state index >= 15 is 0 Å². The second kappa shape index (κ2) is 7.65. The molecule has 140 valence electrons. The van der Waals surface area contributed by atoms with Crippen LogP contribution >= 0.6 is 11.6 Å². The molecule has 3 rings (SSSR count). The fraction of sp³-hybridized carbons (Fsp3) is 0.167. The molecule has 0 bridgehead atoms. The number of rotatable bonds is 5. The fourth-order valence-electron chi connectivity index (χ4n) is 2.69. The Bertz CT molecular complexity index is 1140. The molecule has 0 fully saturated rings. The lowest BCUT2D eigenvalue weighted by Gasteiger charge is -2.11. The predicted molar refractivity (Wildman–Crippen MR) is 99.6 cm³/mol. The SMILES string of the molecule is O=C(NCCO)c1cn2ccn(Cc3cccc(Cl)c3)c(=O)c2c(O)c1=O. The monoisotopic (exact) mass is 389 g/mol. The minimum atomic E-state index is -0.956. The minimum Gasteiger partial charge on any atom is -0.503 e. The Morgan fingerprint density at radius 2 is 2.00 bits per heavy atom. The van der Waals surface area contributed by atoms with Gasteiger partial charge in [0.25, 0.3) is 11.5 Å². The predicted octanol–water partition coefficient (Wildman–Crippen LogP) is 0.591. The first-order valence-corrected chi connectivity index (χ1v) is 8.41. The zero-order valence-corrected chi connectivity index (χ0v) is 14.8. The van der Waals surface area contributed by atoms with Gasteiger partial charge in [-0.3, -0.25) is 14.4 Å². The van der Waals surface area contributed by atoms with E-state index in [-0.39, 0.29) is 30.8 Å². The summed E-state index contributed by atoms with van der Waals surface area (Å²) in [7, 11) is 0. The van der Waals surface area contributed by atoms with Crippen molar-refractivity contribution in [2.75, 3.05) is 13.2 Å². The lowest BCUT2D eigenvalue weighted by atomic mass is 10.2. The topological polar surface area (TPSA) is 113 Å². The maximum absolute atomic E-state index is 12.7. The van der Waals surface area contributed by atoms with E-state index in [1.807, 2.05) is 0 Å². The molecule has 0 spiro atoms. The molecule has 8 nitrogen and oxygen atoms in total. The van der Waals surface area contributed by atoms with Gasteiger partial charge in [-0.15, -0.1) is 0 Å². The highest BCUT2D eigenvalue weighted by Gasteiger charge is 2.18. The average molecular weight is 390 g/mol. The van der Waals surface area contributed by atoms with Crippen LogP contribution in [0.1, 0.15) is 15.9 Å². The van der Waals surface area contributed by atoms with E-state index in [1.54, 1.807) is 24.3 Å². The Balaban J connectivity index is 2.08. The smallest absolute Gasteiger partial charge is 0.279 e. The number of aromatic hydroxyl groups is 1. The van der Waals surface area contributed by atoms with Crippen LogP contribution in [0.15, 0.2) is 52.4 Å². The third-order valence-corrected chi connectivity index (χ3v) is 4.20. The Kier molecular flexibility index (Phi) is 5.29. The van der Waals surface area contributed by atoms with Crippen LogP contribution in [0.5, 0.6) is 5.75 Å². The van der Waals surface area contributed by atoms with Crippen LogP contribution < -0.4 is 16.3 Å². The minimum absolute atomic E-state index is 0.0387. The van der Waals surface area contributed by atoms with Crippen molar-refractivity contribution in [3.05, 3.63) is 79.6 Å². The molecule has 0 aliphatic rings. The number of nitrogens with one attached hydrogen (secondary N) is 1. The summed E-state index contributed by atoms with van der Waals surface area (Å²) in [5.41, 5.74) is -1.33. The highest BCUT2D eigenvalue weighted by atomic mass is 35.5. The standard InChI is InChI=1S/C18H16ClN3O5/c19-12-3-1-2-11(8-12)9-22-6-5-21-10-13(17(26)20-4-7-23)15(24)16(25)14(21)18(22)27/h1-3,5-6,8,10,23,25H,4,7,9H2,(H,20,26). The third-order valence-electron chi connectivity index (χ3n) is 3.96. The number of halogens is 1. The summed E-state index contributed by atoms with van der Waals surface area (Å²) in [6.45, 7) is -0.133. The van der Waals surface area contributed by atoms with Crippen LogP contribution in [-0.4, -0.2) is 38.2 Å². The molecule has 2 heterocycles. The van der Waals surface area contributed by atoms with Crippen molar-refractivity contribution in [1.29, 1.82) is 0 Å². The highest BCUT2D eigenvalue weighted by molar-refractivity contribution is 6.30. The van der Waals surface area contributed by atoms with Crippen LogP contribution in [0.2, 0.25) is 5.02 Å². The molecule has 0 aliphatic heterocycles. The van der Waals surface area contributed by atoms with Gasteiger partial charge in [0.1, 0.15) is 5.56 Å². The average Bonchev–Trinajstić information content (AvgIpc) is 2.64. The largest absolute Gasteiger partial charge is 0.503 e. The number of aliphatic hydroxyl groups excluding tert-OH is 1. The van der Waals surface area contributed by atoms with Crippen molar-refractivity contribution in [1.82, 2.24) is 14.3 Å². The van der Waals surface area contributed by atoms with Crippen LogP contribution in [0.25, 0.3) is 5.52 Å². The van der Waals surface area contributed by atoms with Gasteiger partial charge in [0.05, 0.1) is 13.2 Å². The van der Waals surface area contributed by atoms with E-state index in [4.69, 9.17) is 16.7 Å². The van der Waals surface area contributed by atoms with E-state index in [2.05, 4.69) is 5.32 Å².